The predicted molar refractivity (Wildman–Crippen MR) is 68.1 cm³/mol. The first-order valence-corrected chi connectivity index (χ1v) is 5.68. The summed E-state index contributed by atoms with van der Waals surface area (Å²) < 4.78 is 44.6. The third kappa shape index (κ3) is 3.09. The smallest absolute Gasteiger partial charge is 0.162 e. The van der Waals surface area contributed by atoms with Crippen LogP contribution in [-0.4, -0.2) is 5.84 Å². The number of benzene rings is 2. The van der Waals surface area contributed by atoms with Crippen LogP contribution in [0.15, 0.2) is 36.4 Å². The van der Waals surface area contributed by atoms with Crippen LogP contribution >= 0.6 is 0 Å². The fraction of sp³-hybridized carbons (Fsp3) is 0.0714. The van der Waals surface area contributed by atoms with E-state index in [1.807, 2.05) is 0 Å². The normalized spacial score (nSPS) is 10.3. The number of hydrogen-bond donors (Lipinski definition) is 2. The number of rotatable bonds is 4. The number of nitrogens with one attached hydrogen (secondary N) is 1. The van der Waals surface area contributed by atoms with Crippen molar-refractivity contribution in [2.45, 2.75) is 6.61 Å². The second-order valence-electron chi connectivity index (χ2n) is 4.08. The van der Waals surface area contributed by atoms with E-state index in [4.69, 9.17) is 15.9 Å². The summed E-state index contributed by atoms with van der Waals surface area (Å²) in [6.07, 6.45) is 0. The number of halogens is 3. The van der Waals surface area contributed by atoms with Gasteiger partial charge in [0.1, 0.15) is 24.0 Å². The van der Waals surface area contributed by atoms with E-state index in [0.717, 1.165) is 18.2 Å². The molecule has 2 aromatic carbocycles. The average Bonchev–Trinajstić information content (AvgIpc) is 2.41. The summed E-state index contributed by atoms with van der Waals surface area (Å²) in [5.74, 6) is -2.74. The molecule has 0 saturated heterocycles. The Morgan fingerprint density at radius 3 is 2.35 bits per heavy atom. The van der Waals surface area contributed by atoms with Crippen molar-refractivity contribution < 1.29 is 17.9 Å². The van der Waals surface area contributed by atoms with Gasteiger partial charge in [-0.1, -0.05) is 12.1 Å². The Kier molecular flexibility index (Phi) is 3.93. The second-order valence-corrected chi connectivity index (χ2v) is 4.08. The SMILES string of the molecule is N=C(N)c1ccc(COc2ccc(F)c(F)c2)c(F)c1. The molecule has 0 amide bonds. The van der Waals surface area contributed by atoms with E-state index in [1.165, 1.54) is 18.2 Å². The summed E-state index contributed by atoms with van der Waals surface area (Å²) in [7, 11) is 0. The molecule has 0 saturated carbocycles. The van der Waals surface area contributed by atoms with Gasteiger partial charge < -0.3 is 10.5 Å². The van der Waals surface area contributed by atoms with Gasteiger partial charge in [0.15, 0.2) is 11.6 Å². The largest absolute Gasteiger partial charge is 0.489 e. The molecule has 0 aliphatic heterocycles. The van der Waals surface area contributed by atoms with Crippen molar-refractivity contribution in [1.29, 1.82) is 5.41 Å². The summed E-state index contributed by atoms with van der Waals surface area (Å²) in [6, 6.07) is 7.09. The molecule has 104 valence electrons. The van der Waals surface area contributed by atoms with Crippen molar-refractivity contribution in [2.75, 3.05) is 0 Å². The number of ether oxygens (including phenoxy) is 1. The Balaban J connectivity index is 2.10. The van der Waals surface area contributed by atoms with E-state index in [-0.39, 0.29) is 29.3 Å². The Bertz CT molecular complexity index is 659. The van der Waals surface area contributed by atoms with Gasteiger partial charge in [-0.25, -0.2) is 13.2 Å². The zero-order valence-corrected chi connectivity index (χ0v) is 10.3. The summed E-state index contributed by atoms with van der Waals surface area (Å²) in [5.41, 5.74) is 5.72. The minimum atomic E-state index is -1.03. The van der Waals surface area contributed by atoms with Crippen LogP contribution in [0, 0.1) is 22.9 Å². The first-order valence-electron chi connectivity index (χ1n) is 5.68. The van der Waals surface area contributed by atoms with Gasteiger partial charge in [0.2, 0.25) is 0 Å². The quantitative estimate of drug-likeness (QED) is 0.668. The van der Waals surface area contributed by atoms with E-state index in [2.05, 4.69) is 0 Å². The van der Waals surface area contributed by atoms with Gasteiger partial charge in [0.25, 0.3) is 0 Å². The third-order valence-corrected chi connectivity index (χ3v) is 2.65. The zero-order valence-electron chi connectivity index (χ0n) is 10.3. The average molecular weight is 280 g/mol. The van der Waals surface area contributed by atoms with Gasteiger partial charge in [0.05, 0.1) is 0 Å². The Morgan fingerprint density at radius 1 is 1.00 bits per heavy atom. The predicted octanol–water partition coefficient (Wildman–Crippen LogP) is 2.97. The van der Waals surface area contributed by atoms with Crippen LogP contribution in [0.1, 0.15) is 11.1 Å². The van der Waals surface area contributed by atoms with Crippen molar-refractivity contribution >= 4 is 5.84 Å². The summed E-state index contributed by atoms with van der Waals surface area (Å²) in [4.78, 5) is 0. The molecule has 0 radical (unpaired) electrons. The Hall–Kier alpha value is -2.50. The van der Waals surface area contributed by atoms with E-state index in [1.54, 1.807) is 0 Å². The van der Waals surface area contributed by atoms with E-state index in [0.29, 0.717) is 0 Å². The van der Waals surface area contributed by atoms with Crippen molar-refractivity contribution in [3.8, 4) is 5.75 Å². The monoisotopic (exact) mass is 280 g/mol. The molecule has 0 heterocycles. The lowest BCUT2D eigenvalue weighted by molar-refractivity contribution is 0.297. The molecule has 20 heavy (non-hydrogen) atoms. The maximum Gasteiger partial charge on any atom is 0.162 e. The highest BCUT2D eigenvalue weighted by Crippen LogP contribution is 2.18. The van der Waals surface area contributed by atoms with Crippen LogP contribution in [0.4, 0.5) is 13.2 Å². The maximum atomic E-state index is 13.7. The van der Waals surface area contributed by atoms with Crippen LogP contribution in [0.25, 0.3) is 0 Å². The first kappa shape index (κ1) is 13.9. The molecule has 2 rings (SSSR count). The molecular weight excluding hydrogens is 269 g/mol. The summed E-state index contributed by atoms with van der Waals surface area (Å²) in [5, 5.41) is 7.19. The molecular formula is C14H11F3N2O. The molecule has 0 fully saturated rings. The fourth-order valence-corrected chi connectivity index (χ4v) is 1.56. The van der Waals surface area contributed by atoms with E-state index < -0.39 is 17.5 Å². The van der Waals surface area contributed by atoms with Crippen LogP contribution in [0.3, 0.4) is 0 Å². The van der Waals surface area contributed by atoms with Gasteiger partial charge in [-0.05, 0) is 18.2 Å². The van der Waals surface area contributed by atoms with Crippen molar-refractivity contribution in [1.82, 2.24) is 0 Å². The van der Waals surface area contributed by atoms with Gasteiger partial charge in [-0.2, -0.15) is 0 Å². The van der Waals surface area contributed by atoms with Gasteiger partial charge in [-0.3, -0.25) is 5.41 Å². The lowest BCUT2D eigenvalue weighted by atomic mass is 10.1. The van der Waals surface area contributed by atoms with E-state index in [9.17, 15) is 13.2 Å². The molecule has 0 unspecified atom stereocenters. The highest BCUT2D eigenvalue weighted by atomic mass is 19.2. The topological polar surface area (TPSA) is 59.1 Å². The molecule has 0 spiro atoms. The molecule has 0 aliphatic carbocycles. The second kappa shape index (κ2) is 5.64. The minimum Gasteiger partial charge on any atom is -0.489 e. The number of hydrogen-bond acceptors (Lipinski definition) is 2. The Morgan fingerprint density at radius 2 is 1.75 bits per heavy atom. The fourth-order valence-electron chi connectivity index (χ4n) is 1.56. The molecule has 3 N–H and O–H groups in total. The lowest BCUT2D eigenvalue weighted by Gasteiger charge is -2.08. The lowest BCUT2D eigenvalue weighted by Crippen LogP contribution is -2.12. The van der Waals surface area contributed by atoms with Gasteiger partial charge in [-0.15, -0.1) is 0 Å². The van der Waals surface area contributed by atoms with Crippen molar-refractivity contribution in [2.24, 2.45) is 5.73 Å². The third-order valence-electron chi connectivity index (χ3n) is 2.65. The van der Waals surface area contributed by atoms with E-state index >= 15 is 0 Å². The van der Waals surface area contributed by atoms with Crippen LogP contribution in [0.5, 0.6) is 5.75 Å². The first-order chi connectivity index (χ1) is 9.47. The van der Waals surface area contributed by atoms with Crippen molar-refractivity contribution in [3.63, 3.8) is 0 Å². The number of amidine groups is 1. The molecule has 2 aromatic rings. The minimum absolute atomic E-state index is 0.0962. The van der Waals surface area contributed by atoms with Gasteiger partial charge >= 0.3 is 0 Å². The summed E-state index contributed by atoms with van der Waals surface area (Å²) in [6.45, 7) is -0.144. The highest BCUT2D eigenvalue weighted by molar-refractivity contribution is 5.94. The standard InChI is InChI=1S/C14H11F3N2O/c15-11-4-3-10(6-13(11)17)20-7-9-2-1-8(14(18)19)5-12(9)16/h1-6H,7H2,(H3,18,19). The molecule has 3 nitrogen and oxygen atoms in total. The number of nitrogen functional groups attached to an aromatic ring is 1. The highest BCUT2D eigenvalue weighted by Gasteiger charge is 2.08. The zero-order chi connectivity index (χ0) is 14.7. The summed E-state index contributed by atoms with van der Waals surface area (Å²) >= 11 is 0. The molecule has 0 aromatic heterocycles. The number of nitrogens with two attached hydrogens (primary N) is 1. The maximum absolute atomic E-state index is 13.7. The molecule has 6 heteroatoms. The Labute approximate surface area is 113 Å². The van der Waals surface area contributed by atoms with Crippen LogP contribution < -0.4 is 10.5 Å². The molecule has 0 bridgehead atoms. The van der Waals surface area contributed by atoms with Crippen molar-refractivity contribution in [3.05, 3.63) is 65.0 Å². The van der Waals surface area contributed by atoms with Crippen LogP contribution in [0.2, 0.25) is 0 Å². The molecule has 0 aliphatic rings. The molecule has 0 atom stereocenters. The van der Waals surface area contributed by atoms with Crippen LogP contribution in [-0.2, 0) is 6.61 Å². The van der Waals surface area contributed by atoms with Gasteiger partial charge in [0, 0.05) is 17.2 Å².